The fourth-order valence-corrected chi connectivity index (χ4v) is 3.82. The minimum absolute atomic E-state index is 0.429. The van der Waals surface area contributed by atoms with Crippen molar-refractivity contribution in [3.8, 4) is 0 Å². The van der Waals surface area contributed by atoms with E-state index in [-0.39, 0.29) is 0 Å². The second-order valence-electron chi connectivity index (χ2n) is 6.04. The lowest BCUT2D eigenvalue weighted by atomic mass is 9.71. The van der Waals surface area contributed by atoms with Crippen molar-refractivity contribution in [1.29, 1.82) is 0 Å². The first kappa shape index (κ1) is 11.4. The van der Waals surface area contributed by atoms with Gasteiger partial charge in [-0.05, 0) is 54.3 Å². The molecule has 1 N–H and O–H groups in total. The standard InChI is InChI=1S/C17H19NO/c19-17(12-18-9-7-15(17)8-10-18)16-6-5-13-3-1-2-4-14(13)11-16/h1-6,11,15,19H,7-10,12H2. The molecule has 3 aliphatic rings. The number of nitrogens with zero attached hydrogens (tertiary/aromatic N) is 1. The van der Waals surface area contributed by atoms with E-state index < -0.39 is 5.60 Å². The van der Waals surface area contributed by atoms with E-state index >= 15 is 0 Å². The molecule has 0 saturated carbocycles. The first-order chi connectivity index (χ1) is 9.25. The second-order valence-corrected chi connectivity index (χ2v) is 6.04. The Morgan fingerprint density at radius 3 is 2.42 bits per heavy atom. The van der Waals surface area contributed by atoms with Crippen molar-refractivity contribution in [2.75, 3.05) is 19.6 Å². The summed E-state index contributed by atoms with van der Waals surface area (Å²) >= 11 is 0. The van der Waals surface area contributed by atoms with Crippen molar-refractivity contribution in [3.05, 3.63) is 48.0 Å². The number of piperidine rings is 3. The lowest BCUT2D eigenvalue weighted by Crippen LogP contribution is -2.57. The molecule has 2 aromatic carbocycles. The lowest BCUT2D eigenvalue weighted by molar-refractivity contribution is -0.117. The molecular formula is C17H19NO. The van der Waals surface area contributed by atoms with E-state index in [1.165, 1.54) is 10.8 Å². The van der Waals surface area contributed by atoms with Crippen molar-refractivity contribution in [2.45, 2.75) is 18.4 Å². The van der Waals surface area contributed by atoms with Crippen LogP contribution < -0.4 is 0 Å². The Balaban J connectivity index is 1.81. The van der Waals surface area contributed by atoms with Crippen LogP contribution in [0.2, 0.25) is 0 Å². The van der Waals surface area contributed by atoms with Gasteiger partial charge in [-0.1, -0.05) is 36.4 Å². The number of rotatable bonds is 1. The zero-order valence-electron chi connectivity index (χ0n) is 11.0. The maximum absolute atomic E-state index is 11.2. The molecule has 98 valence electrons. The summed E-state index contributed by atoms with van der Waals surface area (Å²) in [7, 11) is 0. The van der Waals surface area contributed by atoms with Crippen molar-refractivity contribution in [3.63, 3.8) is 0 Å². The predicted octanol–water partition coefficient (Wildman–Crippen LogP) is 2.75. The number of benzene rings is 2. The van der Waals surface area contributed by atoms with E-state index in [9.17, 15) is 5.11 Å². The van der Waals surface area contributed by atoms with Crippen LogP contribution >= 0.6 is 0 Å². The number of aliphatic hydroxyl groups is 1. The van der Waals surface area contributed by atoms with E-state index in [4.69, 9.17) is 0 Å². The van der Waals surface area contributed by atoms with E-state index in [1.807, 2.05) is 0 Å². The first-order valence-corrected chi connectivity index (χ1v) is 7.20. The second kappa shape index (κ2) is 4.06. The molecule has 0 spiro atoms. The summed E-state index contributed by atoms with van der Waals surface area (Å²) < 4.78 is 0. The summed E-state index contributed by atoms with van der Waals surface area (Å²) in [5, 5.41) is 13.6. The van der Waals surface area contributed by atoms with Crippen LogP contribution in [0.25, 0.3) is 10.8 Å². The van der Waals surface area contributed by atoms with Gasteiger partial charge >= 0.3 is 0 Å². The molecule has 3 aliphatic heterocycles. The molecule has 0 aliphatic carbocycles. The molecule has 0 amide bonds. The summed E-state index contributed by atoms with van der Waals surface area (Å²) in [6.45, 7) is 3.11. The van der Waals surface area contributed by atoms with E-state index in [0.717, 1.165) is 38.0 Å². The largest absolute Gasteiger partial charge is 0.384 e. The minimum Gasteiger partial charge on any atom is -0.384 e. The first-order valence-electron chi connectivity index (χ1n) is 7.20. The monoisotopic (exact) mass is 253 g/mol. The number of hydrogen-bond acceptors (Lipinski definition) is 2. The molecule has 2 heteroatoms. The van der Waals surface area contributed by atoms with E-state index in [0.29, 0.717) is 5.92 Å². The topological polar surface area (TPSA) is 23.5 Å². The Bertz CT molecular complexity index is 615. The zero-order chi connectivity index (χ0) is 12.9. The molecule has 1 atom stereocenters. The maximum atomic E-state index is 11.2. The highest BCUT2D eigenvalue weighted by Crippen LogP contribution is 2.42. The fourth-order valence-electron chi connectivity index (χ4n) is 3.82. The van der Waals surface area contributed by atoms with Crippen LogP contribution in [0.5, 0.6) is 0 Å². The molecule has 3 fully saturated rings. The van der Waals surface area contributed by atoms with Crippen molar-refractivity contribution >= 4 is 10.8 Å². The van der Waals surface area contributed by atoms with Gasteiger partial charge in [0, 0.05) is 6.54 Å². The van der Waals surface area contributed by atoms with Crippen molar-refractivity contribution in [1.82, 2.24) is 4.90 Å². The SMILES string of the molecule is OC1(c2ccc3ccccc3c2)CN2CCC1CC2. The molecule has 5 rings (SSSR count). The highest BCUT2D eigenvalue weighted by atomic mass is 16.3. The van der Waals surface area contributed by atoms with Crippen LogP contribution in [0.3, 0.4) is 0 Å². The quantitative estimate of drug-likeness (QED) is 0.844. The Hall–Kier alpha value is -1.38. The molecular weight excluding hydrogens is 234 g/mol. The lowest BCUT2D eigenvalue weighted by Gasteiger charge is -2.50. The van der Waals surface area contributed by atoms with Crippen LogP contribution in [0.15, 0.2) is 42.5 Å². The molecule has 2 aromatic rings. The Morgan fingerprint density at radius 2 is 1.74 bits per heavy atom. The van der Waals surface area contributed by atoms with Gasteiger partial charge in [0.2, 0.25) is 0 Å². The molecule has 19 heavy (non-hydrogen) atoms. The fraction of sp³-hybridized carbons (Fsp3) is 0.412. The molecule has 0 radical (unpaired) electrons. The van der Waals surface area contributed by atoms with Gasteiger partial charge in [-0.2, -0.15) is 0 Å². The van der Waals surface area contributed by atoms with Gasteiger partial charge in [0.25, 0.3) is 0 Å². The van der Waals surface area contributed by atoms with Crippen LogP contribution in [-0.2, 0) is 5.60 Å². The van der Waals surface area contributed by atoms with Gasteiger partial charge in [-0.25, -0.2) is 0 Å². The Morgan fingerprint density at radius 1 is 1.00 bits per heavy atom. The molecule has 3 heterocycles. The zero-order valence-corrected chi connectivity index (χ0v) is 11.0. The van der Waals surface area contributed by atoms with Gasteiger partial charge in [0.05, 0.1) is 0 Å². The average molecular weight is 253 g/mol. The summed E-state index contributed by atoms with van der Waals surface area (Å²) in [4.78, 5) is 2.40. The maximum Gasteiger partial charge on any atom is 0.105 e. The van der Waals surface area contributed by atoms with Gasteiger partial charge in [-0.15, -0.1) is 0 Å². The van der Waals surface area contributed by atoms with Crippen LogP contribution in [-0.4, -0.2) is 29.6 Å². The molecule has 2 bridgehead atoms. The smallest absolute Gasteiger partial charge is 0.105 e. The molecule has 1 unspecified atom stereocenters. The van der Waals surface area contributed by atoms with E-state index in [2.05, 4.69) is 47.4 Å². The van der Waals surface area contributed by atoms with E-state index in [1.54, 1.807) is 0 Å². The van der Waals surface area contributed by atoms with Gasteiger partial charge < -0.3 is 10.0 Å². The average Bonchev–Trinajstić information content (AvgIpc) is 2.48. The minimum atomic E-state index is -0.638. The summed E-state index contributed by atoms with van der Waals surface area (Å²) in [5.74, 6) is 0.429. The van der Waals surface area contributed by atoms with Crippen LogP contribution in [0.1, 0.15) is 18.4 Å². The number of fused-ring (bicyclic) bond motifs is 4. The van der Waals surface area contributed by atoms with Gasteiger partial charge in [0.15, 0.2) is 0 Å². The molecule has 2 nitrogen and oxygen atoms in total. The Labute approximate surface area is 113 Å². The summed E-state index contributed by atoms with van der Waals surface area (Å²) in [6, 6.07) is 14.8. The summed E-state index contributed by atoms with van der Waals surface area (Å²) in [6.07, 6.45) is 2.26. The predicted molar refractivity (Wildman–Crippen MR) is 77.0 cm³/mol. The summed E-state index contributed by atoms with van der Waals surface area (Å²) in [5.41, 5.74) is 0.459. The van der Waals surface area contributed by atoms with Crippen LogP contribution in [0.4, 0.5) is 0 Å². The van der Waals surface area contributed by atoms with Crippen molar-refractivity contribution in [2.24, 2.45) is 5.92 Å². The Kier molecular flexibility index (Phi) is 2.44. The number of hydrogen-bond donors (Lipinski definition) is 1. The normalized spacial score (nSPS) is 33.7. The van der Waals surface area contributed by atoms with Gasteiger partial charge in [0.1, 0.15) is 5.60 Å². The van der Waals surface area contributed by atoms with Crippen LogP contribution in [0, 0.1) is 5.92 Å². The molecule has 3 saturated heterocycles. The highest BCUT2D eigenvalue weighted by molar-refractivity contribution is 5.83. The molecule has 0 aromatic heterocycles. The highest BCUT2D eigenvalue weighted by Gasteiger charge is 2.46. The third-order valence-electron chi connectivity index (χ3n) is 4.98. The van der Waals surface area contributed by atoms with Gasteiger partial charge in [-0.3, -0.25) is 0 Å². The van der Waals surface area contributed by atoms with Crippen molar-refractivity contribution < 1.29 is 5.11 Å². The third-order valence-corrected chi connectivity index (χ3v) is 4.98. The third kappa shape index (κ3) is 1.71.